The molecule has 0 bridgehead atoms. The van der Waals surface area contributed by atoms with Crippen molar-refractivity contribution in [2.24, 2.45) is 7.05 Å². The van der Waals surface area contributed by atoms with Crippen molar-refractivity contribution in [3.63, 3.8) is 0 Å². The molecule has 144 valence electrons. The second-order valence-electron chi connectivity index (χ2n) is 6.81. The van der Waals surface area contributed by atoms with Crippen LogP contribution in [0.15, 0.2) is 54.7 Å². The molecule has 0 radical (unpaired) electrons. The molecule has 0 spiro atoms. The molecule has 4 rings (SSSR count). The van der Waals surface area contributed by atoms with Crippen LogP contribution in [0, 0.1) is 11.6 Å². The van der Waals surface area contributed by atoms with Crippen molar-refractivity contribution in [3.05, 3.63) is 77.6 Å². The molecule has 1 aliphatic carbocycles. The maximum Gasteiger partial charge on any atom is 0.270 e. The predicted octanol–water partition coefficient (Wildman–Crippen LogP) is 4.33. The van der Waals surface area contributed by atoms with Crippen molar-refractivity contribution in [1.82, 2.24) is 9.78 Å². The van der Waals surface area contributed by atoms with E-state index in [-0.39, 0.29) is 5.75 Å². The van der Waals surface area contributed by atoms with Crippen LogP contribution < -0.4 is 10.1 Å². The van der Waals surface area contributed by atoms with E-state index < -0.39 is 23.6 Å². The number of carbonyl (C=O) groups excluding carboxylic acids is 1. The second-order valence-corrected chi connectivity index (χ2v) is 6.81. The van der Waals surface area contributed by atoms with E-state index in [0.29, 0.717) is 17.2 Å². The van der Waals surface area contributed by atoms with Gasteiger partial charge in [0.1, 0.15) is 5.82 Å². The number of hydrogen-bond donors (Lipinski definition) is 1. The zero-order valence-electron chi connectivity index (χ0n) is 15.2. The quantitative estimate of drug-likeness (QED) is 0.689. The minimum absolute atomic E-state index is 0.195. The molecule has 3 aromatic rings. The number of benzene rings is 2. The van der Waals surface area contributed by atoms with Gasteiger partial charge in [-0.3, -0.25) is 9.48 Å². The molecule has 1 heterocycles. The number of nitrogens with zero attached hydrogens (tertiary/aromatic N) is 2. The summed E-state index contributed by atoms with van der Waals surface area (Å²) in [6.45, 7) is 0. The molecule has 1 saturated carbocycles. The predicted molar refractivity (Wildman–Crippen MR) is 100.0 cm³/mol. The van der Waals surface area contributed by atoms with E-state index in [1.807, 2.05) is 13.1 Å². The van der Waals surface area contributed by atoms with Crippen LogP contribution in [0.2, 0.25) is 0 Å². The Morgan fingerprint density at radius 1 is 1.21 bits per heavy atom. The highest BCUT2D eigenvalue weighted by Crippen LogP contribution is 2.43. The zero-order chi connectivity index (χ0) is 19.7. The van der Waals surface area contributed by atoms with Gasteiger partial charge in [0.2, 0.25) is 6.10 Å². The fourth-order valence-electron chi connectivity index (χ4n) is 3.18. The van der Waals surface area contributed by atoms with Crippen LogP contribution in [-0.2, 0) is 11.8 Å². The highest BCUT2D eigenvalue weighted by atomic mass is 19.1. The van der Waals surface area contributed by atoms with Gasteiger partial charge < -0.3 is 10.1 Å². The number of nitrogens with one attached hydrogen (secondary N) is 1. The number of aryl methyl sites for hydroxylation is 1. The van der Waals surface area contributed by atoms with Crippen LogP contribution in [-0.4, -0.2) is 15.7 Å². The van der Waals surface area contributed by atoms with Crippen molar-refractivity contribution < 1.29 is 18.3 Å². The summed E-state index contributed by atoms with van der Waals surface area (Å²) in [7, 11) is 1.84. The summed E-state index contributed by atoms with van der Waals surface area (Å²) < 4.78 is 34.7. The van der Waals surface area contributed by atoms with Gasteiger partial charge in [0, 0.05) is 24.6 Å². The number of ether oxygens (including phenoxy) is 1. The van der Waals surface area contributed by atoms with Gasteiger partial charge in [0.25, 0.3) is 5.91 Å². The van der Waals surface area contributed by atoms with Crippen molar-refractivity contribution in [1.29, 1.82) is 0 Å². The fraction of sp³-hybridized carbons (Fsp3) is 0.238. The smallest absolute Gasteiger partial charge is 0.270 e. The van der Waals surface area contributed by atoms with Crippen molar-refractivity contribution in [2.45, 2.75) is 24.9 Å². The fourth-order valence-corrected chi connectivity index (χ4v) is 3.18. The van der Waals surface area contributed by atoms with Crippen molar-refractivity contribution in [3.8, 4) is 5.75 Å². The molecule has 1 amide bonds. The number of hydrogen-bond acceptors (Lipinski definition) is 3. The van der Waals surface area contributed by atoms with Gasteiger partial charge in [-0.15, -0.1) is 0 Å². The third kappa shape index (κ3) is 3.74. The third-order valence-electron chi connectivity index (χ3n) is 4.69. The van der Waals surface area contributed by atoms with Crippen LogP contribution >= 0.6 is 0 Å². The largest absolute Gasteiger partial charge is 0.473 e. The molecule has 1 aliphatic rings. The van der Waals surface area contributed by atoms with Crippen LogP contribution in [0.25, 0.3) is 0 Å². The van der Waals surface area contributed by atoms with E-state index in [1.165, 1.54) is 6.07 Å². The monoisotopic (exact) mass is 383 g/mol. The first kappa shape index (κ1) is 18.2. The minimum Gasteiger partial charge on any atom is -0.473 e. The lowest BCUT2D eigenvalue weighted by molar-refractivity contribution is -0.123. The molecule has 0 saturated heterocycles. The molecule has 1 fully saturated rings. The van der Waals surface area contributed by atoms with Gasteiger partial charge in [-0.1, -0.05) is 30.3 Å². The van der Waals surface area contributed by atoms with E-state index in [1.54, 1.807) is 35.1 Å². The number of halogens is 2. The normalized spacial score (nSPS) is 14.5. The Balaban J connectivity index is 1.62. The number of aromatic nitrogens is 2. The van der Waals surface area contributed by atoms with Crippen LogP contribution in [0.3, 0.4) is 0 Å². The molecule has 28 heavy (non-hydrogen) atoms. The number of rotatable bonds is 6. The maximum atomic E-state index is 14.1. The summed E-state index contributed by atoms with van der Waals surface area (Å²) in [6, 6.07) is 11.8. The number of carbonyl (C=O) groups is 1. The first-order chi connectivity index (χ1) is 13.5. The molecule has 0 aliphatic heterocycles. The Morgan fingerprint density at radius 3 is 2.64 bits per heavy atom. The summed E-state index contributed by atoms with van der Waals surface area (Å²) in [5.41, 5.74) is 2.15. The molecule has 1 atom stereocenters. The average Bonchev–Trinajstić information content (AvgIpc) is 3.45. The van der Waals surface area contributed by atoms with Crippen molar-refractivity contribution >= 4 is 11.6 Å². The highest BCUT2D eigenvalue weighted by Gasteiger charge is 2.32. The Labute approximate surface area is 160 Å². The first-order valence-electron chi connectivity index (χ1n) is 9.02. The maximum absolute atomic E-state index is 14.1. The molecular weight excluding hydrogens is 364 g/mol. The van der Waals surface area contributed by atoms with Gasteiger partial charge in [0.15, 0.2) is 11.6 Å². The zero-order valence-corrected chi connectivity index (χ0v) is 15.2. The Bertz CT molecular complexity index is 1000. The standard InChI is InChI=1S/C21H19F2N3O2/c1-26-19(13-7-8-13)17(12-24-26)25-21(27)20(14-5-3-2-4-6-14)28-18-10-9-15(22)11-16(18)23/h2-6,9-13,20H,7-8H2,1H3,(H,25,27). The molecule has 1 unspecified atom stereocenters. The van der Waals surface area contributed by atoms with E-state index in [0.717, 1.165) is 30.7 Å². The second kappa shape index (κ2) is 7.42. The summed E-state index contributed by atoms with van der Waals surface area (Å²) in [5.74, 6) is -1.85. The third-order valence-corrected chi connectivity index (χ3v) is 4.69. The lowest BCUT2D eigenvalue weighted by Crippen LogP contribution is -2.26. The lowest BCUT2D eigenvalue weighted by Gasteiger charge is -2.19. The molecule has 1 N–H and O–H groups in total. The minimum atomic E-state index is -1.10. The van der Waals surface area contributed by atoms with Gasteiger partial charge >= 0.3 is 0 Å². The molecule has 1 aromatic heterocycles. The Kier molecular flexibility index (Phi) is 4.81. The molecule has 7 heteroatoms. The van der Waals surface area contributed by atoms with Gasteiger partial charge in [-0.05, 0) is 25.0 Å². The molecule has 2 aromatic carbocycles. The average molecular weight is 383 g/mol. The van der Waals surface area contributed by atoms with E-state index in [4.69, 9.17) is 4.74 Å². The lowest BCUT2D eigenvalue weighted by atomic mass is 10.1. The molecular formula is C21H19F2N3O2. The van der Waals surface area contributed by atoms with Gasteiger partial charge in [-0.25, -0.2) is 8.78 Å². The number of anilines is 1. The Hall–Kier alpha value is -3.22. The summed E-state index contributed by atoms with van der Waals surface area (Å²) in [5, 5.41) is 7.09. The number of amides is 1. The Morgan fingerprint density at radius 2 is 1.96 bits per heavy atom. The molecule has 5 nitrogen and oxygen atoms in total. The summed E-state index contributed by atoms with van der Waals surface area (Å²) in [4.78, 5) is 13.0. The summed E-state index contributed by atoms with van der Waals surface area (Å²) in [6.07, 6.45) is 2.61. The summed E-state index contributed by atoms with van der Waals surface area (Å²) >= 11 is 0. The van der Waals surface area contributed by atoms with Crippen molar-refractivity contribution in [2.75, 3.05) is 5.32 Å². The SMILES string of the molecule is Cn1ncc(NC(=O)C(Oc2ccc(F)cc2F)c2ccccc2)c1C1CC1. The first-order valence-corrected chi connectivity index (χ1v) is 9.02. The van der Waals surface area contributed by atoms with Gasteiger partial charge in [0.05, 0.1) is 17.6 Å². The van der Waals surface area contributed by atoms with Crippen LogP contribution in [0.5, 0.6) is 5.75 Å². The topological polar surface area (TPSA) is 56.2 Å². The van der Waals surface area contributed by atoms with E-state index in [2.05, 4.69) is 10.4 Å². The van der Waals surface area contributed by atoms with Crippen LogP contribution in [0.1, 0.15) is 36.1 Å². The van der Waals surface area contributed by atoms with E-state index in [9.17, 15) is 13.6 Å². The van der Waals surface area contributed by atoms with E-state index >= 15 is 0 Å². The highest BCUT2D eigenvalue weighted by molar-refractivity contribution is 5.95. The van der Waals surface area contributed by atoms with Gasteiger partial charge in [-0.2, -0.15) is 5.10 Å². The van der Waals surface area contributed by atoms with Crippen LogP contribution in [0.4, 0.5) is 14.5 Å².